The molecule has 96 valence electrons. The largest absolute Gasteiger partial charge is 0.452 e. The summed E-state index contributed by atoms with van der Waals surface area (Å²) in [6.07, 6.45) is 2.94. The van der Waals surface area contributed by atoms with Gasteiger partial charge in [0, 0.05) is 7.11 Å². The summed E-state index contributed by atoms with van der Waals surface area (Å²) >= 11 is 9.10. The van der Waals surface area contributed by atoms with Gasteiger partial charge in [-0.15, -0.1) is 0 Å². The van der Waals surface area contributed by atoms with Crippen molar-refractivity contribution in [3.63, 3.8) is 0 Å². The molecule has 0 atom stereocenters. The lowest BCUT2D eigenvalue weighted by atomic mass is 10.1. The number of halogens is 2. The summed E-state index contributed by atoms with van der Waals surface area (Å²) in [7, 11) is 1.59. The minimum Gasteiger partial charge on any atom is -0.452 e. The van der Waals surface area contributed by atoms with Crippen LogP contribution in [0.2, 0.25) is 5.22 Å². The van der Waals surface area contributed by atoms with Gasteiger partial charge in [0.2, 0.25) is 11.0 Å². The number of carbonyl (C=O) groups is 1. The van der Waals surface area contributed by atoms with Gasteiger partial charge in [-0.2, -0.15) is 5.10 Å². The number of furan rings is 1. The minimum absolute atomic E-state index is 0.0754. The third-order valence-electron chi connectivity index (χ3n) is 2.38. The molecule has 2 aromatic rings. The number of hydrogen-bond donors (Lipinski definition) is 0. The Labute approximate surface area is 117 Å². The zero-order chi connectivity index (χ0) is 13.1. The number of ketones is 1. The van der Waals surface area contributed by atoms with E-state index in [9.17, 15) is 4.79 Å². The van der Waals surface area contributed by atoms with Crippen LogP contribution in [0.4, 0.5) is 0 Å². The van der Waals surface area contributed by atoms with Gasteiger partial charge in [0.25, 0.3) is 0 Å². The summed E-state index contributed by atoms with van der Waals surface area (Å²) in [5.74, 6) is -0.241. The van der Waals surface area contributed by atoms with Crippen molar-refractivity contribution < 1.29 is 13.9 Å². The molecule has 0 radical (unpaired) electrons. The Morgan fingerprint density at radius 2 is 2.44 bits per heavy atom. The van der Waals surface area contributed by atoms with Gasteiger partial charge < -0.3 is 9.15 Å². The Morgan fingerprint density at radius 1 is 1.67 bits per heavy atom. The standard InChI is InChI=1S/C11H10BrClN2O3/c1-17-5-3-15-9(8(12)6-14-15)10(16)7-2-4-18-11(7)13/h2,4,6H,3,5H2,1H3. The van der Waals surface area contributed by atoms with Crippen LogP contribution in [0.5, 0.6) is 0 Å². The second-order valence-corrected chi connectivity index (χ2v) is 4.69. The maximum atomic E-state index is 12.3. The average Bonchev–Trinajstić information content (AvgIpc) is 2.92. The summed E-state index contributed by atoms with van der Waals surface area (Å²) in [6, 6.07) is 1.53. The normalized spacial score (nSPS) is 10.8. The third kappa shape index (κ3) is 2.50. The number of ether oxygens (including phenoxy) is 1. The van der Waals surface area contributed by atoms with Crippen molar-refractivity contribution in [2.24, 2.45) is 0 Å². The molecule has 0 aliphatic heterocycles. The Hall–Kier alpha value is -1.11. The number of rotatable bonds is 5. The van der Waals surface area contributed by atoms with Crippen LogP contribution in [0.3, 0.4) is 0 Å². The fraction of sp³-hybridized carbons (Fsp3) is 0.273. The van der Waals surface area contributed by atoms with E-state index in [0.717, 1.165) is 0 Å². The molecule has 0 saturated carbocycles. The molecule has 0 unspecified atom stereocenters. The van der Waals surface area contributed by atoms with Crippen LogP contribution in [0.25, 0.3) is 0 Å². The molecule has 2 heterocycles. The van der Waals surface area contributed by atoms with Crippen LogP contribution in [-0.2, 0) is 11.3 Å². The Kier molecular flexibility index (Phi) is 4.21. The highest BCUT2D eigenvalue weighted by molar-refractivity contribution is 9.10. The maximum absolute atomic E-state index is 12.3. The number of nitrogens with zero attached hydrogens (tertiary/aromatic N) is 2. The molecular formula is C11H10BrClN2O3. The Balaban J connectivity index is 2.35. The van der Waals surface area contributed by atoms with E-state index in [0.29, 0.717) is 28.9 Å². The highest BCUT2D eigenvalue weighted by Crippen LogP contribution is 2.24. The highest BCUT2D eigenvalue weighted by atomic mass is 79.9. The summed E-state index contributed by atoms with van der Waals surface area (Å²) in [5, 5.41) is 4.18. The molecular weight excluding hydrogens is 323 g/mol. The minimum atomic E-state index is -0.241. The number of methoxy groups -OCH3 is 1. The molecule has 7 heteroatoms. The van der Waals surface area contributed by atoms with Crippen molar-refractivity contribution in [1.82, 2.24) is 9.78 Å². The molecule has 0 aliphatic carbocycles. The molecule has 2 rings (SSSR count). The SMILES string of the molecule is COCCn1ncc(Br)c1C(=O)c1ccoc1Cl. The lowest BCUT2D eigenvalue weighted by Crippen LogP contribution is -2.14. The van der Waals surface area contributed by atoms with E-state index in [1.807, 2.05) is 0 Å². The van der Waals surface area contributed by atoms with Gasteiger partial charge in [0.1, 0.15) is 5.69 Å². The Bertz CT molecular complexity index is 564. The number of aromatic nitrogens is 2. The quantitative estimate of drug-likeness (QED) is 0.790. The first kappa shape index (κ1) is 13.3. The van der Waals surface area contributed by atoms with Gasteiger partial charge in [-0.25, -0.2) is 0 Å². The Morgan fingerprint density at radius 3 is 3.06 bits per heavy atom. The molecule has 0 aromatic carbocycles. The highest BCUT2D eigenvalue weighted by Gasteiger charge is 2.22. The van der Waals surface area contributed by atoms with Crippen molar-refractivity contribution >= 4 is 33.3 Å². The zero-order valence-corrected chi connectivity index (χ0v) is 11.9. The van der Waals surface area contributed by atoms with E-state index in [-0.39, 0.29) is 11.0 Å². The lowest BCUT2D eigenvalue weighted by molar-refractivity contribution is 0.102. The smallest absolute Gasteiger partial charge is 0.217 e. The van der Waals surface area contributed by atoms with E-state index in [2.05, 4.69) is 21.0 Å². The lowest BCUT2D eigenvalue weighted by Gasteiger charge is -2.05. The molecule has 0 fully saturated rings. The third-order valence-corrected chi connectivity index (χ3v) is 3.25. The summed E-state index contributed by atoms with van der Waals surface area (Å²) in [6.45, 7) is 0.951. The van der Waals surface area contributed by atoms with Crippen LogP contribution in [-0.4, -0.2) is 29.3 Å². The second-order valence-electron chi connectivity index (χ2n) is 3.49. The van der Waals surface area contributed by atoms with Crippen LogP contribution in [0.15, 0.2) is 27.4 Å². The molecule has 0 spiro atoms. The molecule has 0 amide bonds. The topological polar surface area (TPSA) is 57.3 Å². The van der Waals surface area contributed by atoms with Gasteiger partial charge in [-0.3, -0.25) is 9.48 Å². The predicted octanol–water partition coefficient (Wildman–Crippen LogP) is 2.77. The first-order chi connectivity index (χ1) is 8.65. The average molecular weight is 334 g/mol. The van der Waals surface area contributed by atoms with E-state index < -0.39 is 0 Å². The fourth-order valence-corrected chi connectivity index (χ4v) is 2.20. The molecule has 18 heavy (non-hydrogen) atoms. The predicted molar refractivity (Wildman–Crippen MR) is 69.0 cm³/mol. The fourth-order valence-electron chi connectivity index (χ4n) is 1.52. The zero-order valence-electron chi connectivity index (χ0n) is 9.52. The molecule has 5 nitrogen and oxygen atoms in total. The van der Waals surface area contributed by atoms with Crippen LogP contribution >= 0.6 is 27.5 Å². The molecule has 0 saturated heterocycles. The van der Waals surface area contributed by atoms with Crippen LogP contribution < -0.4 is 0 Å². The maximum Gasteiger partial charge on any atom is 0.217 e. The molecule has 0 aliphatic rings. The molecule has 0 bridgehead atoms. The van der Waals surface area contributed by atoms with Crippen molar-refractivity contribution in [3.05, 3.63) is 39.5 Å². The van der Waals surface area contributed by atoms with Gasteiger partial charge in [-0.05, 0) is 33.6 Å². The van der Waals surface area contributed by atoms with E-state index >= 15 is 0 Å². The summed E-state index contributed by atoms with van der Waals surface area (Å²) < 4.78 is 12.1. The van der Waals surface area contributed by atoms with Gasteiger partial charge in [-0.1, -0.05) is 0 Å². The number of carbonyl (C=O) groups excluding carboxylic acids is 1. The van der Waals surface area contributed by atoms with Gasteiger partial charge >= 0.3 is 0 Å². The monoisotopic (exact) mass is 332 g/mol. The second kappa shape index (κ2) is 5.69. The van der Waals surface area contributed by atoms with E-state index in [1.54, 1.807) is 18.0 Å². The first-order valence-electron chi connectivity index (χ1n) is 5.13. The van der Waals surface area contributed by atoms with Gasteiger partial charge in [0.15, 0.2) is 0 Å². The van der Waals surface area contributed by atoms with Crippen molar-refractivity contribution in [2.75, 3.05) is 13.7 Å². The first-order valence-corrected chi connectivity index (χ1v) is 6.30. The number of hydrogen-bond acceptors (Lipinski definition) is 4. The van der Waals surface area contributed by atoms with E-state index in [4.69, 9.17) is 20.8 Å². The summed E-state index contributed by atoms with van der Waals surface area (Å²) in [4.78, 5) is 12.3. The van der Waals surface area contributed by atoms with Crippen LogP contribution in [0, 0.1) is 0 Å². The summed E-state index contributed by atoms with van der Waals surface area (Å²) in [5.41, 5.74) is 0.742. The van der Waals surface area contributed by atoms with Crippen molar-refractivity contribution in [1.29, 1.82) is 0 Å². The molecule has 0 N–H and O–H groups in total. The van der Waals surface area contributed by atoms with Gasteiger partial charge in [0.05, 0.1) is 35.6 Å². The molecule has 2 aromatic heterocycles. The van der Waals surface area contributed by atoms with E-state index in [1.165, 1.54) is 12.3 Å². The van der Waals surface area contributed by atoms with Crippen molar-refractivity contribution in [3.8, 4) is 0 Å². The van der Waals surface area contributed by atoms with Crippen molar-refractivity contribution in [2.45, 2.75) is 6.54 Å². The van der Waals surface area contributed by atoms with Crippen LogP contribution in [0.1, 0.15) is 16.1 Å².